The SMILES string of the molecule is O=C(Nc1ccccc1)c1ncn2c1CN(C(=O)c1csnn1)CCC2. The summed E-state index contributed by atoms with van der Waals surface area (Å²) in [7, 11) is 0. The number of carbonyl (C=O) groups is 2. The molecule has 0 saturated carbocycles. The highest BCUT2D eigenvalue weighted by molar-refractivity contribution is 7.03. The summed E-state index contributed by atoms with van der Waals surface area (Å²) in [5, 5.41) is 8.33. The summed E-state index contributed by atoms with van der Waals surface area (Å²) in [4.78, 5) is 31.2. The molecule has 0 spiro atoms. The minimum atomic E-state index is -0.283. The molecule has 132 valence electrons. The number of amides is 2. The van der Waals surface area contributed by atoms with Gasteiger partial charge in [0.15, 0.2) is 11.4 Å². The number of rotatable bonds is 3. The van der Waals surface area contributed by atoms with E-state index in [1.807, 2.05) is 34.9 Å². The molecule has 4 rings (SSSR count). The lowest BCUT2D eigenvalue weighted by Crippen LogP contribution is -2.31. The number of nitrogens with one attached hydrogen (secondary N) is 1. The predicted molar refractivity (Wildman–Crippen MR) is 95.9 cm³/mol. The Kier molecular flexibility index (Phi) is 4.44. The van der Waals surface area contributed by atoms with E-state index in [1.165, 1.54) is 0 Å². The molecule has 3 aromatic rings. The molecule has 1 aliphatic rings. The van der Waals surface area contributed by atoms with Crippen molar-refractivity contribution in [2.24, 2.45) is 0 Å². The third-order valence-electron chi connectivity index (χ3n) is 4.23. The normalized spacial score (nSPS) is 13.8. The maximum absolute atomic E-state index is 12.7. The predicted octanol–water partition coefficient (Wildman–Crippen LogP) is 2.03. The van der Waals surface area contributed by atoms with E-state index in [4.69, 9.17) is 0 Å². The Bertz CT molecular complexity index is 922. The minimum Gasteiger partial charge on any atom is -0.332 e. The van der Waals surface area contributed by atoms with Gasteiger partial charge < -0.3 is 14.8 Å². The molecular formula is C17H16N6O2S. The Morgan fingerprint density at radius 2 is 2.00 bits per heavy atom. The van der Waals surface area contributed by atoms with Gasteiger partial charge in [0.05, 0.1) is 18.6 Å². The average Bonchev–Trinajstić information content (AvgIpc) is 3.28. The smallest absolute Gasteiger partial charge is 0.276 e. The van der Waals surface area contributed by atoms with E-state index in [0.29, 0.717) is 36.7 Å². The molecule has 3 heterocycles. The summed E-state index contributed by atoms with van der Waals surface area (Å²) in [6.07, 6.45) is 2.44. The second-order valence-electron chi connectivity index (χ2n) is 5.92. The van der Waals surface area contributed by atoms with Crippen molar-refractivity contribution in [3.63, 3.8) is 0 Å². The van der Waals surface area contributed by atoms with E-state index in [0.717, 1.165) is 23.6 Å². The zero-order valence-electron chi connectivity index (χ0n) is 13.8. The maximum atomic E-state index is 12.7. The van der Waals surface area contributed by atoms with Crippen molar-refractivity contribution in [3.8, 4) is 0 Å². The summed E-state index contributed by atoms with van der Waals surface area (Å²) in [5.74, 6) is -0.461. The molecule has 0 atom stereocenters. The van der Waals surface area contributed by atoms with Crippen molar-refractivity contribution in [2.75, 3.05) is 11.9 Å². The molecule has 0 unspecified atom stereocenters. The van der Waals surface area contributed by atoms with Crippen LogP contribution in [0, 0.1) is 0 Å². The van der Waals surface area contributed by atoms with Gasteiger partial charge >= 0.3 is 0 Å². The first-order valence-corrected chi connectivity index (χ1v) is 9.03. The van der Waals surface area contributed by atoms with Crippen LogP contribution in [0.4, 0.5) is 5.69 Å². The summed E-state index contributed by atoms with van der Waals surface area (Å²) in [5.41, 5.74) is 2.10. The van der Waals surface area contributed by atoms with Crippen LogP contribution < -0.4 is 5.32 Å². The van der Waals surface area contributed by atoms with E-state index in [9.17, 15) is 9.59 Å². The van der Waals surface area contributed by atoms with Gasteiger partial charge in [-0.1, -0.05) is 22.7 Å². The highest BCUT2D eigenvalue weighted by atomic mass is 32.1. The third-order valence-corrected chi connectivity index (χ3v) is 4.73. The van der Waals surface area contributed by atoms with Crippen LogP contribution >= 0.6 is 11.5 Å². The van der Waals surface area contributed by atoms with Gasteiger partial charge in [-0.2, -0.15) is 0 Å². The highest BCUT2D eigenvalue weighted by Gasteiger charge is 2.26. The molecule has 9 heteroatoms. The number of imidazole rings is 1. The number of para-hydroxylation sites is 1. The Hall–Kier alpha value is -3.07. The van der Waals surface area contributed by atoms with Gasteiger partial charge in [-0.15, -0.1) is 5.10 Å². The fourth-order valence-corrected chi connectivity index (χ4v) is 3.38. The van der Waals surface area contributed by atoms with E-state index < -0.39 is 0 Å². The summed E-state index contributed by atoms with van der Waals surface area (Å²) in [6.45, 7) is 1.62. The summed E-state index contributed by atoms with van der Waals surface area (Å²) in [6, 6.07) is 9.22. The van der Waals surface area contributed by atoms with Crippen LogP contribution in [-0.4, -0.2) is 42.4 Å². The van der Waals surface area contributed by atoms with Crippen LogP contribution in [0.15, 0.2) is 42.0 Å². The minimum absolute atomic E-state index is 0.178. The molecule has 0 aliphatic carbocycles. The molecule has 0 bridgehead atoms. The molecule has 2 amide bonds. The monoisotopic (exact) mass is 368 g/mol. The van der Waals surface area contributed by atoms with Crippen LogP contribution in [-0.2, 0) is 13.1 Å². The second kappa shape index (κ2) is 7.04. The number of hydrogen-bond donors (Lipinski definition) is 1. The van der Waals surface area contributed by atoms with Gasteiger partial charge in [0.1, 0.15) is 0 Å². The average molecular weight is 368 g/mol. The van der Waals surface area contributed by atoms with Crippen LogP contribution in [0.2, 0.25) is 0 Å². The topological polar surface area (TPSA) is 93.0 Å². The van der Waals surface area contributed by atoms with Crippen molar-refractivity contribution >= 4 is 29.0 Å². The van der Waals surface area contributed by atoms with Gasteiger partial charge in [-0.25, -0.2) is 4.98 Å². The summed E-state index contributed by atoms with van der Waals surface area (Å²) < 4.78 is 5.69. The number of benzene rings is 1. The molecule has 0 fully saturated rings. The lowest BCUT2D eigenvalue weighted by molar-refractivity contribution is 0.0738. The van der Waals surface area contributed by atoms with Crippen molar-refractivity contribution in [1.82, 2.24) is 24.0 Å². The van der Waals surface area contributed by atoms with Gasteiger partial charge in [0.25, 0.3) is 11.8 Å². The molecule has 8 nitrogen and oxygen atoms in total. The number of carbonyl (C=O) groups excluding carboxylic acids is 2. The Labute approximate surface area is 153 Å². The zero-order chi connectivity index (χ0) is 17.9. The number of anilines is 1. The second-order valence-corrected chi connectivity index (χ2v) is 6.53. The van der Waals surface area contributed by atoms with Crippen LogP contribution in [0.5, 0.6) is 0 Å². The first-order chi connectivity index (χ1) is 12.7. The fraction of sp³-hybridized carbons (Fsp3) is 0.235. The van der Waals surface area contributed by atoms with Crippen molar-refractivity contribution in [1.29, 1.82) is 0 Å². The highest BCUT2D eigenvalue weighted by Crippen LogP contribution is 2.19. The van der Waals surface area contributed by atoms with E-state index >= 15 is 0 Å². The number of fused-ring (bicyclic) bond motifs is 1. The zero-order valence-corrected chi connectivity index (χ0v) is 14.6. The van der Waals surface area contributed by atoms with Crippen molar-refractivity contribution < 1.29 is 9.59 Å². The van der Waals surface area contributed by atoms with E-state index in [2.05, 4.69) is 19.9 Å². The van der Waals surface area contributed by atoms with Gasteiger partial charge in [-0.3, -0.25) is 9.59 Å². The Morgan fingerprint density at radius 1 is 1.15 bits per heavy atom. The molecule has 1 aromatic carbocycles. The standard InChI is InChI=1S/C17H16N6O2S/c24-16(19-12-5-2-1-3-6-12)15-14-9-22(7-4-8-23(14)11-18-15)17(25)13-10-26-21-20-13/h1-3,5-6,10-11H,4,7-9H2,(H,19,24). The van der Waals surface area contributed by atoms with E-state index in [-0.39, 0.29) is 11.8 Å². The molecule has 26 heavy (non-hydrogen) atoms. The quantitative estimate of drug-likeness (QED) is 0.764. The van der Waals surface area contributed by atoms with Crippen molar-refractivity contribution in [2.45, 2.75) is 19.5 Å². The van der Waals surface area contributed by atoms with Gasteiger partial charge in [-0.05, 0) is 30.1 Å². The van der Waals surface area contributed by atoms with Crippen molar-refractivity contribution in [3.05, 3.63) is 59.1 Å². The molecule has 2 aromatic heterocycles. The Morgan fingerprint density at radius 3 is 2.77 bits per heavy atom. The number of aryl methyl sites for hydroxylation is 1. The molecule has 1 aliphatic heterocycles. The molecule has 0 saturated heterocycles. The molecule has 1 N–H and O–H groups in total. The fourth-order valence-electron chi connectivity index (χ4n) is 2.95. The lowest BCUT2D eigenvalue weighted by Gasteiger charge is -2.19. The maximum Gasteiger partial charge on any atom is 0.276 e. The number of aromatic nitrogens is 4. The summed E-state index contributed by atoms with van der Waals surface area (Å²) >= 11 is 1.14. The Balaban J connectivity index is 1.58. The molecular weight excluding hydrogens is 352 g/mol. The van der Waals surface area contributed by atoms with E-state index in [1.54, 1.807) is 16.6 Å². The number of hydrogen-bond acceptors (Lipinski definition) is 6. The largest absolute Gasteiger partial charge is 0.332 e. The first-order valence-electron chi connectivity index (χ1n) is 8.19. The number of nitrogens with zero attached hydrogens (tertiary/aromatic N) is 5. The third kappa shape index (κ3) is 3.21. The van der Waals surface area contributed by atoms with Crippen LogP contribution in [0.25, 0.3) is 0 Å². The van der Waals surface area contributed by atoms with Gasteiger partial charge in [0.2, 0.25) is 0 Å². The van der Waals surface area contributed by atoms with Crippen LogP contribution in [0.3, 0.4) is 0 Å². The van der Waals surface area contributed by atoms with Gasteiger partial charge in [0, 0.05) is 24.2 Å². The lowest BCUT2D eigenvalue weighted by atomic mass is 10.2. The molecule has 0 radical (unpaired) electrons. The van der Waals surface area contributed by atoms with Crippen LogP contribution in [0.1, 0.15) is 33.1 Å². The first kappa shape index (κ1) is 16.4.